The number of H-pyrrole nitrogens is 1. The Morgan fingerprint density at radius 1 is 1.24 bits per heavy atom. The van der Waals surface area contributed by atoms with E-state index in [1.807, 2.05) is 0 Å². The molecule has 0 spiro atoms. The smallest absolute Gasteiger partial charge is 0.314 e. The van der Waals surface area contributed by atoms with Crippen LogP contribution < -0.4 is 5.32 Å². The van der Waals surface area contributed by atoms with E-state index in [2.05, 4.69) is 25.3 Å². The largest absolute Gasteiger partial charge is 0.481 e. The van der Waals surface area contributed by atoms with Crippen molar-refractivity contribution < 1.29 is 28.9 Å². The van der Waals surface area contributed by atoms with E-state index in [0.717, 1.165) is 0 Å². The number of aromatic amines is 1. The van der Waals surface area contributed by atoms with Gasteiger partial charge in [0.25, 0.3) is 0 Å². The summed E-state index contributed by atoms with van der Waals surface area (Å²) in [5, 5.41) is 21.4. The Kier molecular flexibility index (Phi) is 6.63. The van der Waals surface area contributed by atoms with Gasteiger partial charge in [-0.25, -0.2) is 19.3 Å². The lowest BCUT2D eigenvalue weighted by Gasteiger charge is -2.33. The minimum absolute atomic E-state index is 0.0403. The van der Waals surface area contributed by atoms with Crippen LogP contribution in [0.15, 0.2) is 36.5 Å². The maximum Gasteiger partial charge on any atom is 0.314 e. The number of hydrogen-bond acceptors (Lipinski definition) is 8. The van der Waals surface area contributed by atoms with Crippen LogP contribution in [-0.2, 0) is 14.3 Å². The fourth-order valence-corrected chi connectivity index (χ4v) is 3.26. The summed E-state index contributed by atoms with van der Waals surface area (Å²) in [6, 6.07) is 7.57. The zero-order valence-corrected chi connectivity index (χ0v) is 17.9. The average molecular weight is 457 g/mol. The van der Waals surface area contributed by atoms with Crippen LogP contribution in [0.3, 0.4) is 0 Å². The number of carboxylic acids is 1. The predicted octanol–water partition coefficient (Wildman–Crippen LogP) is 2.60. The maximum atomic E-state index is 13.5. The molecule has 2 aromatic heterocycles. The quantitative estimate of drug-likeness (QED) is 0.375. The van der Waals surface area contributed by atoms with E-state index in [0.29, 0.717) is 47.4 Å². The predicted molar refractivity (Wildman–Crippen MR) is 116 cm³/mol. The highest BCUT2D eigenvalue weighted by molar-refractivity contribution is 5.77. The summed E-state index contributed by atoms with van der Waals surface area (Å²) < 4.78 is 24.8. The Morgan fingerprint density at radius 2 is 1.97 bits per heavy atom. The van der Waals surface area contributed by atoms with Gasteiger partial charge in [0.1, 0.15) is 11.2 Å². The van der Waals surface area contributed by atoms with Crippen LogP contribution in [0, 0.1) is 11.2 Å². The van der Waals surface area contributed by atoms with E-state index in [1.165, 1.54) is 12.1 Å². The number of rotatable bonds is 8. The molecule has 1 aliphatic heterocycles. The first kappa shape index (κ1) is 22.8. The summed E-state index contributed by atoms with van der Waals surface area (Å²) in [5.41, 5.74) is 1.08. The van der Waals surface area contributed by atoms with Crippen LogP contribution in [0.25, 0.3) is 22.6 Å². The highest BCUT2D eigenvalue weighted by atomic mass is 19.1. The molecule has 0 saturated carbocycles. The molecule has 1 aromatic carbocycles. The topological polar surface area (TPSA) is 142 Å². The number of anilines is 1. The molecule has 11 heteroatoms. The third-order valence-corrected chi connectivity index (χ3v) is 5.22. The number of nitrogens with one attached hydrogen (secondary N) is 2. The maximum absolute atomic E-state index is 13.5. The lowest BCUT2D eigenvalue weighted by atomic mass is 9.92. The molecule has 33 heavy (non-hydrogen) atoms. The molecule has 0 aliphatic carbocycles. The van der Waals surface area contributed by atoms with Gasteiger partial charge in [-0.15, -0.1) is 0 Å². The molecule has 1 aliphatic rings. The molecule has 4 N–H and O–H groups in total. The summed E-state index contributed by atoms with van der Waals surface area (Å²) in [7, 11) is 0. The molecule has 3 heterocycles. The summed E-state index contributed by atoms with van der Waals surface area (Å²) in [6.45, 7) is 2.02. The van der Waals surface area contributed by atoms with E-state index in [9.17, 15) is 14.3 Å². The molecule has 3 aromatic rings. The zero-order valence-electron chi connectivity index (χ0n) is 17.9. The second-order valence-corrected chi connectivity index (χ2v) is 7.94. The summed E-state index contributed by atoms with van der Waals surface area (Å²) in [4.78, 5) is 27.9. The number of halogens is 1. The third-order valence-electron chi connectivity index (χ3n) is 5.22. The summed E-state index contributed by atoms with van der Waals surface area (Å²) >= 11 is 0. The van der Waals surface area contributed by atoms with E-state index in [1.54, 1.807) is 31.3 Å². The molecule has 1 saturated heterocycles. The number of carbonyl (C=O) groups is 1. The summed E-state index contributed by atoms with van der Waals surface area (Å²) in [6.07, 6.45) is 1.24. The number of hydrogen-bond donors (Lipinski definition) is 4. The monoisotopic (exact) mass is 457 g/mol. The van der Waals surface area contributed by atoms with Crippen molar-refractivity contribution >= 4 is 11.9 Å². The number of aliphatic hydroxyl groups excluding tert-OH is 1. The first-order valence-corrected chi connectivity index (χ1v) is 10.4. The van der Waals surface area contributed by atoms with E-state index < -0.39 is 17.7 Å². The number of aliphatic hydroxyl groups is 1. The van der Waals surface area contributed by atoms with Gasteiger partial charge in [0.2, 0.25) is 12.2 Å². The Labute approximate surface area is 188 Å². The van der Waals surface area contributed by atoms with Crippen LogP contribution >= 0.6 is 0 Å². The molecule has 1 fully saturated rings. The highest BCUT2D eigenvalue weighted by Crippen LogP contribution is 2.35. The fourth-order valence-electron chi connectivity index (χ4n) is 3.26. The number of imidazole rings is 1. The first-order chi connectivity index (χ1) is 15.9. The lowest BCUT2D eigenvalue weighted by Crippen LogP contribution is -2.42. The summed E-state index contributed by atoms with van der Waals surface area (Å²) in [5.74, 6) is -0.662. The fraction of sp³-hybridized carbons (Fsp3) is 0.364. The van der Waals surface area contributed by atoms with Crippen molar-refractivity contribution in [2.24, 2.45) is 5.41 Å². The second kappa shape index (κ2) is 9.61. The van der Waals surface area contributed by atoms with Crippen molar-refractivity contribution in [3.05, 3.63) is 48.2 Å². The van der Waals surface area contributed by atoms with E-state index in [4.69, 9.17) is 14.6 Å². The number of nitrogens with zero attached hydrogens (tertiary/aromatic N) is 3. The molecular weight excluding hydrogens is 433 g/mol. The van der Waals surface area contributed by atoms with Crippen molar-refractivity contribution in [3.8, 4) is 22.6 Å². The van der Waals surface area contributed by atoms with Crippen LogP contribution in [-0.4, -0.2) is 62.5 Å². The van der Waals surface area contributed by atoms with Gasteiger partial charge in [-0.05, 0) is 43.7 Å². The van der Waals surface area contributed by atoms with Gasteiger partial charge in [-0.3, -0.25) is 4.79 Å². The average Bonchev–Trinajstić information content (AvgIpc) is 3.26. The van der Waals surface area contributed by atoms with Gasteiger partial charge in [-0.1, -0.05) is 0 Å². The third kappa shape index (κ3) is 5.00. The number of aromatic nitrogens is 4. The number of ether oxygens (including phenoxy) is 2. The van der Waals surface area contributed by atoms with Gasteiger partial charge in [0, 0.05) is 24.9 Å². The van der Waals surface area contributed by atoms with Gasteiger partial charge in [0.05, 0.1) is 30.3 Å². The van der Waals surface area contributed by atoms with Crippen molar-refractivity contribution in [3.63, 3.8) is 0 Å². The zero-order chi connectivity index (χ0) is 23.4. The van der Waals surface area contributed by atoms with Crippen molar-refractivity contribution in [1.82, 2.24) is 19.9 Å². The van der Waals surface area contributed by atoms with Crippen molar-refractivity contribution in [2.75, 3.05) is 31.7 Å². The van der Waals surface area contributed by atoms with Crippen LogP contribution in [0.4, 0.5) is 10.3 Å². The van der Waals surface area contributed by atoms with Crippen molar-refractivity contribution in [2.45, 2.75) is 19.6 Å². The molecule has 10 nitrogen and oxygen atoms in total. The van der Waals surface area contributed by atoms with Crippen LogP contribution in [0.5, 0.6) is 0 Å². The van der Waals surface area contributed by atoms with Crippen LogP contribution in [0.2, 0.25) is 0 Å². The van der Waals surface area contributed by atoms with Crippen molar-refractivity contribution in [1.29, 1.82) is 0 Å². The standard InChI is InChI=1S/C22H24FN5O5/c1-22(20(30)31)11-32-19(33-12-22)18-27-16(13-3-5-14(23)6-4-13)17(28-18)15-7-9-25-21(26-15)24-8-2-10-29/h3-7,9,19,29H,2,8,10-12H2,1H3,(H,27,28)(H,30,31)(H,24,25,26). The van der Waals surface area contributed by atoms with Gasteiger partial charge in [0.15, 0.2) is 5.82 Å². The van der Waals surface area contributed by atoms with Gasteiger partial charge < -0.3 is 30.0 Å². The molecule has 174 valence electrons. The Hall–Kier alpha value is -3.41. The molecule has 4 rings (SSSR count). The Bertz CT molecular complexity index is 1110. The molecule has 0 unspecified atom stereocenters. The van der Waals surface area contributed by atoms with Gasteiger partial charge >= 0.3 is 5.97 Å². The minimum Gasteiger partial charge on any atom is -0.481 e. The van der Waals surface area contributed by atoms with E-state index >= 15 is 0 Å². The van der Waals surface area contributed by atoms with E-state index in [-0.39, 0.29) is 25.6 Å². The van der Waals surface area contributed by atoms with Crippen LogP contribution in [0.1, 0.15) is 25.5 Å². The number of benzene rings is 1. The Morgan fingerprint density at radius 3 is 2.64 bits per heavy atom. The molecule has 0 bridgehead atoms. The number of aliphatic carboxylic acids is 1. The normalized spacial score (nSPS) is 20.5. The Balaban J connectivity index is 1.68. The molecule has 0 radical (unpaired) electrons. The second-order valence-electron chi connectivity index (χ2n) is 7.94. The first-order valence-electron chi connectivity index (χ1n) is 10.4. The SMILES string of the molecule is CC1(C(=O)O)COC(c2nc(-c3ccc(F)cc3)c(-c3ccnc(NCCCO)n3)[nH]2)OC1. The lowest BCUT2D eigenvalue weighted by molar-refractivity contribution is -0.236. The molecule has 0 amide bonds. The highest BCUT2D eigenvalue weighted by Gasteiger charge is 2.41. The molecular formula is C22H24FN5O5. The number of carboxylic acid groups (broad SMARTS) is 1. The molecule has 0 atom stereocenters. The van der Waals surface area contributed by atoms with Gasteiger partial charge in [-0.2, -0.15) is 0 Å². The minimum atomic E-state index is -1.15.